The Morgan fingerprint density at radius 3 is 2.64 bits per heavy atom. The lowest BCUT2D eigenvalue weighted by atomic mass is 10.1. The van der Waals surface area contributed by atoms with Crippen LogP contribution in [-0.4, -0.2) is 22.8 Å². The predicted octanol–water partition coefficient (Wildman–Crippen LogP) is 1.23. The Labute approximate surface area is 69.4 Å². The standard InChI is InChI=1S/C8H12O2S/c1-6-4-11(9)5-8(6)7(2)10-3/h1,4-5H2,2-3H3/b8-7+. The van der Waals surface area contributed by atoms with Gasteiger partial charge in [-0.2, -0.15) is 0 Å². The van der Waals surface area contributed by atoms with Crippen molar-refractivity contribution < 1.29 is 8.95 Å². The summed E-state index contributed by atoms with van der Waals surface area (Å²) in [5, 5.41) is 0. The van der Waals surface area contributed by atoms with Gasteiger partial charge in [-0.1, -0.05) is 6.58 Å². The van der Waals surface area contributed by atoms with Gasteiger partial charge in [-0.25, -0.2) is 0 Å². The molecule has 3 heteroatoms. The number of rotatable bonds is 1. The number of methoxy groups -OCH3 is 1. The van der Waals surface area contributed by atoms with Crippen LogP contribution in [0.15, 0.2) is 23.5 Å². The first-order chi connectivity index (χ1) is 5.15. The molecule has 0 spiro atoms. The molecule has 0 aromatic heterocycles. The molecule has 0 amide bonds. The first-order valence-corrected chi connectivity index (χ1v) is 4.91. The first kappa shape index (κ1) is 8.53. The van der Waals surface area contributed by atoms with Gasteiger partial charge in [-0.05, 0) is 12.5 Å². The largest absolute Gasteiger partial charge is 0.501 e. The van der Waals surface area contributed by atoms with Crippen LogP contribution < -0.4 is 0 Å². The number of allylic oxidation sites excluding steroid dienone is 1. The molecular formula is C8H12O2S. The molecule has 0 saturated carbocycles. The highest BCUT2D eigenvalue weighted by Gasteiger charge is 2.20. The Kier molecular flexibility index (Phi) is 2.49. The average Bonchev–Trinajstić information content (AvgIpc) is 2.28. The molecule has 62 valence electrons. The molecule has 1 atom stereocenters. The smallest absolute Gasteiger partial charge is 0.0968 e. The van der Waals surface area contributed by atoms with Crippen molar-refractivity contribution in [1.82, 2.24) is 0 Å². The van der Waals surface area contributed by atoms with Crippen LogP contribution in [0.25, 0.3) is 0 Å². The van der Waals surface area contributed by atoms with Gasteiger partial charge in [-0.15, -0.1) is 0 Å². The third kappa shape index (κ3) is 1.71. The van der Waals surface area contributed by atoms with Gasteiger partial charge in [0.05, 0.1) is 18.6 Å². The molecule has 1 rings (SSSR count). The van der Waals surface area contributed by atoms with Crippen LogP contribution in [0.3, 0.4) is 0 Å². The molecule has 1 unspecified atom stereocenters. The lowest BCUT2D eigenvalue weighted by Crippen LogP contribution is -1.92. The summed E-state index contributed by atoms with van der Waals surface area (Å²) >= 11 is 0. The Hall–Kier alpha value is -0.570. The Morgan fingerprint density at radius 2 is 2.27 bits per heavy atom. The van der Waals surface area contributed by atoms with Crippen molar-refractivity contribution in [1.29, 1.82) is 0 Å². The molecule has 1 aliphatic rings. The van der Waals surface area contributed by atoms with E-state index in [0.29, 0.717) is 11.5 Å². The maximum Gasteiger partial charge on any atom is 0.0968 e. The fourth-order valence-electron chi connectivity index (χ4n) is 1.07. The van der Waals surface area contributed by atoms with Crippen LogP contribution in [-0.2, 0) is 15.5 Å². The summed E-state index contributed by atoms with van der Waals surface area (Å²) in [7, 11) is 0.879. The second kappa shape index (κ2) is 3.22. The fraction of sp³-hybridized carbons (Fsp3) is 0.500. The molecule has 0 N–H and O–H groups in total. The molecule has 2 nitrogen and oxygen atoms in total. The average molecular weight is 172 g/mol. The molecule has 1 saturated heterocycles. The summed E-state index contributed by atoms with van der Waals surface area (Å²) < 4.78 is 16.1. The summed E-state index contributed by atoms with van der Waals surface area (Å²) in [4.78, 5) is 0. The van der Waals surface area contributed by atoms with Crippen molar-refractivity contribution >= 4 is 10.8 Å². The molecule has 11 heavy (non-hydrogen) atoms. The van der Waals surface area contributed by atoms with Crippen molar-refractivity contribution in [2.24, 2.45) is 0 Å². The normalized spacial score (nSPS) is 28.9. The van der Waals surface area contributed by atoms with E-state index in [-0.39, 0.29) is 0 Å². The minimum Gasteiger partial charge on any atom is -0.501 e. The van der Waals surface area contributed by atoms with Crippen LogP contribution in [0.1, 0.15) is 6.92 Å². The van der Waals surface area contributed by atoms with Crippen molar-refractivity contribution in [3.63, 3.8) is 0 Å². The third-order valence-electron chi connectivity index (χ3n) is 1.80. The van der Waals surface area contributed by atoms with Crippen molar-refractivity contribution in [3.05, 3.63) is 23.5 Å². The van der Waals surface area contributed by atoms with Gasteiger partial charge in [0.25, 0.3) is 0 Å². The maximum absolute atomic E-state index is 11.0. The van der Waals surface area contributed by atoms with E-state index in [2.05, 4.69) is 6.58 Å². The van der Waals surface area contributed by atoms with Crippen molar-refractivity contribution in [2.45, 2.75) is 6.92 Å². The molecule has 1 fully saturated rings. The van der Waals surface area contributed by atoms with E-state index in [1.165, 1.54) is 0 Å². The SMILES string of the molecule is C=C1CS(=O)C/C1=C(/C)OC. The van der Waals surface area contributed by atoms with E-state index in [1.807, 2.05) is 6.92 Å². The lowest BCUT2D eigenvalue weighted by Gasteiger charge is -2.03. The van der Waals surface area contributed by atoms with Crippen LogP contribution >= 0.6 is 0 Å². The summed E-state index contributed by atoms with van der Waals surface area (Å²) in [5.74, 6) is 2.06. The summed E-state index contributed by atoms with van der Waals surface area (Å²) in [6, 6.07) is 0. The second-order valence-electron chi connectivity index (χ2n) is 2.57. The Bertz CT molecular complexity index is 240. The molecule has 0 bridgehead atoms. The summed E-state index contributed by atoms with van der Waals surface area (Å²) in [5.41, 5.74) is 1.99. The molecule has 0 radical (unpaired) electrons. The van der Waals surface area contributed by atoms with E-state index in [0.717, 1.165) is 16.9 Å². The quantitative estimate of drug-likeness (QED) is 0.556. The Balaban J connectivity index is 2.90. The fourth-order valence-corrected chi connectivity index (χ4v) is 2.46. The predicted molar refractivity (Wildman–Crippen MR) is 46.7 cm³/mol. The second-order valence-corrected chi connectivity index (χ2v) is 4.03. The van der Waals surface area contributed by atoms with Gasteiger partial charge in [0, 0.05) is 22.1 Å². The number of ether oxygens (including phenoxy) is 1. The Morgan fingerprint density at radius 1 is 1.64 bits per heavy atom. The maximum atomic E-state index is 11.0. The first-order valence-electron chi connectivity index (χ1n) is 3.42. The topological polar surface area (TPSA) is 26.3 Å². The van der Waals surface area contributed by atoms with Gasteiger partial charge >= 0.3 is 0 Å². The third-order valence-corrected chi connectivity index (χ3v) is 3.08. The van der Waals surface area contributed by atoms with Gasteiger partial charge < -0.3 is 4.74 Å². The zero-order chi connectivity index (χ0) is 8.43. The highest BCUT2D eigenvalue weighted by Crippen LogP contribution is 2.22. The molecule has 1 aliphatic heterocycles. The summed E-state index contributed by atoms with van der Waals surface area (Å²) in [6.45, 7) is 5.70. The van der Waals surface area contributed by atoms with E-state index < -0.39 is 10.8 Å². The van der Waals surface area contributed by atoms with Gasteiger partial charge in [-0.3, -0.25) is 4.21 Å². The highest BCUT2D eigenvalue weighted by atomic mass is 32.2. The lowest BCUT2D eigenvalue weighted by molar-refractivity contribution is 0.290. The monoisotopic (exact) mass is 172 g/mol. The minimum atomic E-state index is -0.743. The van der Waals surface area contributed by atoms with E-state index in [4.69, 9.17) is 4.74 Å². The van der Waals surface area contributed by atoms with E-state index >= 15 is 0 Å². The molecule has 0 aromatic rings. The van der Waals surface area contributed by atoms with E-state index in [1.54, 1.807) is 7.11 Å². The molecular weight excluding hydrogens is 160 g/mol. The van der Waals surface area contributed by atoms with Crippen LogP contribution in [0.5, 0.6) is 0 Å². The van der Waals surface area contributed by atoms with Crippen LogP contribution in [0.2, 0.25) is 0 Å². The van der Waals surface area contributed by atoms with Gasteiger partial charge in [0.15, 0.2) is 0 Å². The molecule has 1 heterocycles. The number of hydrogen-bond acceptors (Lipinski definition) is 2. The molecule has 0 aromatic carbocycles. The molecule has 0 aliphatic carbocycles. The van der Waals surface area contributed by atoms with Crippen LogP contribution in [0, 0.1) is 0 Å². The zero-order valence-corrected chi connectivity index (χ0v) is 7.66. The highest BCUT2D eigenvalue weighted by molar-refractivity contribution is 7.85. The van der Waals surface area contributed by atoms with Crippen LogP contribution in [0.4, 0.5) is 0 Å². The summed E-state index contributed by atoms with van der Waals surface area (Å²) in [6.07, 6.45) is 0. The van der Waals surface area contributed by atoms with E-state index in [9.17, 15) is 4.21 Å². The minimum absolute atomic E-state index is 0.607. The van der Waals surface area contributed by atoms with Crippen molar-refractivity contribution in [3.8, 4) is 0 Å². The van der Waals surface area contributed by atoms with Gasteiger partial charge in [0.2, 0.25) is 0 Å². The van der Waals surface area contributed by atoms with Crippen molar-refractivity contribution in [2.75, 3.05) is 18.6 Å². The number of hydrogen-bond donors (Lipinski definition) is 0. The van der Waals surface area contributed by atoms with Gasteiger partial charge in [0.1, 0.15) is 0 Å². The zero-order valence-electron chi connectivity index (χ0n) is 6.85.